The van der Waals surface area contributed by atoms with E-state index in [9.17, 15) is 9.59 Å². The van der Waals surface area contributed by atoms with Crippen LogP contribution in [0.5, 0.6) is 0 Å². The largest absolute Gasteiger partial charge is 0.353 e. The van der Waals surface area contributed by atoms with E-state index in [0.717, 1.165) is 5.69 Å². The minimum absolute atomic E-state index is 0.00826. The highest BCUT2D eigenvalue weighted by molar-refractivity contribution is 7.99. The highest BCUT2D eigenvalue weighted by atomic mass is 32.2. The molecule has 5 nitrogen and oxygen atoms in total. The minimum atomic E-state index is -0.0755. The second-order valence-corrected chi connectivity index (χ2v) is 6.21. The zero-order valence-electron chi connectivity index (χ0n) is 10.8. The van der Waals surface area contributed by atoms with Gasteiger partial charge in [-0.2, -0.15) is 0 Å². The normalized spacial score (nSPS) is 11.1. The van der Waals surface area contributed by atoms with Crippen molar-refractivity contribution in [3.8, 4) is 0 Å². The molecular weight excluding hydrogens is 282 g/mol. The van der Waals surface area contributed by atoms with E-state index in [4.69, 9.17) is 0 Å². The number of thiazole rings is 1. The lowest BCUT2D eigenvalue weighted by molar-refractivity contribution is -0.119. The van der Waals surface area contributed by atoms with Crippen molar-refractivity contribution in [1.82, 2.24) is 14.7 Å². The summed E-state index contributed by atoms with van der Waals surface area (Å²) >= 11 is 2.89. The summed E-state index contributed by atoms with van der Waals surface area (Å²) in [6.07, 6.45) is 1.71. The standard InChI is InChI=1S/C12H15N3O2S2/c1-8(2)13-10(16)7-18-6-9-5-11(17)15-3-4-19-12(15)14-9/h3-5,8H,6-7H2,1-2H3,(H,13,16). The first kappa shape index (κ1) is 14.1. The van der Waals surface area contributed by atoms with Crippen LogP contribution in [0.3, 0.4) is 0 Å². The van der Waals surface area contributed by atoms with E-state index in [0.29, 0.717) is 16.5 Å². The lowest BCUT2D eigenvalue weighted by Gasteiger charge is -2.07. The number of aromatic nitrogens is 2. The number of amides is 1. The van der Waals surface area contributed by atoms with Gasteiger partial charge in [0.2, 0.25) is 5.91 Å². The molecule has 1 N–H and O–H groups in total. The van der Waals surface area contributed by atoms with E-state index in [2.05, 4.69) is 10.3 Å². The van der Waals surface area contributed by atoms with Crippen molar-refractivity contribution in [3.63, 3.8) is 0 Å². The van der Waals surface area contributed by atoms with Gasteiger partial charge in [-0.15, -0.1) is 23.1 Å². The number of nitrogens with one attached hydrogen (secondary N) is 1. The Morgan fingerprint density at radius 2 is 2.37 bits per heavy atom. The van der Waals surface area contributed by atoms with Gasteiger partial charge in [0.15, 0.2) is 4.96 Å². The molecule has 2 heterocycles. The van der Waals surface area contributed by atoms with E-state index in [1.807, 2.05) is 19.2 Å². The molecule has 0 bridgehead atoms. The average molecular weight is 297 g/mol. The van der Waals surface area contributed by atoms with Crippen molar-refractivity contribution in [2.75, 3.05) is 5.75 Å². The highest BCUT2D eigenvalue weighted by Crippen LogP contribution is 2.12. The fourth-order valence-corrected chi connectivity index (χ4v) is 3.04. The lowest BCUT2D eigenvalue weighted by atomic mass is 10.4. The molecule has 2 aromatic heterocycles. The van der Waals surface area contributed by atoms with Crippen LogP contribution >= 0.6 is 23.1 Å². The first-order valence-corrected chi connectivity index (χ1v) is 7.92. The van der Waals surface area contributed by atoms with Crippen molar-refractivity contribution < 1.29 is 4.79 Å². The first-order chi connectivity index (χ1) is 9.06. The topological polar surface area (TPSA) is 63.5 Å². The molecular formula is C12H15N3O2S2. The summed E-state index contributed by atoms with van der Waals surface area (Å²) in [5.74, 6) is 0.952. The van der Waals surface area contributed by atoms with Crippen molar-refractivity contribution in [3.05, 3.63) is 33.7 Å². The second-order valence-electron chi connectivity index (χ2n) is 4.36. The quantitative estimate of drug-likeness (QED) is 0.909. The maximum Gasteiger partial charge on any atom is 0.258 e. The van der Waals surface area contributed by atoms with Crippen LogP contribution < -0.4 is 10.9 Å². The molecule has 0 saturated heterocycles. The third kappa shape index (κ3) is 3.81. The monoisotopic (exact) mass is 297 g/mol. The molecule has 102 valence electrons. The van der Waals surface area contributed by atoms with Gasteiger partial charge in [0.25, 0.3) is 5.56 Å². The van der Waals surface area contributed by atoms with Crippen LogP contribution in [0.2, 0.25) is 0 Å². The predicted octanol–water partition coefficient (Wildman–Crippen LogP) is 1.51. The molecule has 0 fully saturated rings. The zero-order chi connectivity index (χ0) is 13.8. The van der Waals surface area contributed by atoms with Gasteiger partial charge in [-0.25, -0.2) is 4.98 Å². The maximum atomic E-state index is 11.7. The zero-order valence-corrected chi connectivity index (χ0v) is 12.4. The third-order valence-electron chi connectivity index (χ3n) is 2.29. The summed E-state index contributed by atoms with van der Waals surface area (Å²) in [4.78, 5) is 28.3. The number of hydrogen-bond acceptors (Lipinski definition) is 5. The summed E-state index contributed by atoms with van der Waals surface area (Å²) < 4.78 is 1.52. The molecule has 7 heteroatoms. The lowest BCUT2D eigenvalue weighted by Crippen LogP contribution is -2.31. The number of carbonyl (C=O) groups is 1. The van der Waals surface area contributed by atoms with E-state index >= 15 is 0 Å². The van der Waals surface area contributed by atoms with E-state index in [1.54, 1.807) is 6.20 Å². The Balaban J connectivity index is 1.95. The SMILES string of the molecule is CC(C)NC(=O)CSCc1cc(=O)n2ccsc2n1. The fourth-order valence-electron chi connectivity index (χ4n) is 1.57. The van der Waals surface area contributed by atoms with Gasteiger partial charge in [0.1, 0.15) is 0 Å². The molecule has 2 rings (SSSR count). The number of nitrogens with zero attached hydrogens (tertiary/aromatic N) is 2. The molecule has 0 atom stereocenters. The summed E-state index contributed by atoms with van der Waals surface area (Å²) in [7, 11) is 0. The first-order valence-electron chi connectivity index (χ1n) is 5.89. The Kier molecular flexibility index (Phi) is 4.60. The van der Waals surface area contributed by atoms with E-state index < -0.39 is 0 Å². The molecule has 0 unspecified atom stereocenters. The Bertz CT molecular complexity index is 633. The molecule has 0 aliphatic carbocycles. The van der Waals surface area contributed by atoms with E-state index in [-0.39, 0.29) is 17.5 Å². The third-order valence-corrected chi connectivity index (χ3v) is 4.01. The van der Waals surface area contributed by atoms with Gasteiger partial charge in [-0.3, -0.25) is 14.0 Å². The van der Waals surface area contributed by atoms with Gasteiger partial charge in [0.05, 0.1) is 11.4 Å². The van der Waals surface area contributed by atoms with Crippen LogP contribution in [0, 0.1) is 0 Å². The van der Waals surface area contributed by atoms with Crippen LogP contribution in [0.1, 0.15) is 19.5 Å². The van der Waals surface area contributed by atoms with Gasteiger partial charge in [-0.1, -0.05) is 0 Å². The van der Waals surface area contributed by atoms with Crippen molar-refractivity contribution in [2.45, 2.75) is 25.6 Å². The molecule has 0 aromatic carbocycles. The predicted molar refractivity (Wildman–Crippen MR) is 78.8 cm³/mol. The molecule has 19 heavy (non-hydrogen) atoms. The van der Waals surface area contributed by atoms with Gasteiger partial charge in [-0.05, 0) is 13.8 Å². The summed E-state index contributed by atoms with van der Waals surface area (Å²) in [6.45, 7) is 3.85. The number of thioether (sulfide) groups is 1. The Morgan fingerprint density at radius 1 is 1.58 bits per heavy atom. The molecule has 0 spiro atoms. The summed E-state index contributed by atoms with van der Waals surface area (Å²) in [5, 5.41) is 4.65. The minimum Gasteiger partial charge on any atom is -0.353 e. The van der Waals surface area contributed by atoms with Crippen LogP contribution in [0.15, 0.2) is 22.4 Å². The van der Waals surface area contributed by atoms with Crippen LogP contribution in [0.25, 0.3) is 4.96 Å². The number of rotatable bonds is 5. The molecule has 0 aliphatic rings. The second kappa shape index (κ2) is 6.21. The van der Waals surface area contributed by atoms with Gasteiger partial charge < -0.3 is 5.32 Å². The Labute approximate surface area is 119 Å². The fraction of sp³-hybridized carbons (Fsp3) is 0.417. The Hall–Kier alpha value is -1.34. The smallest absolute Gasteiger partial charge is 0.258 e. The molecule has 0 aliphatic heterocycles. The number of fused-ring (bicyclic) bond motifs is 1. The molecule has 1 amide bonds. The van der Waals surface area contributed by atoms with Crippen molar-refractivity contribution in [2.24, 2.45) is 0 Å². The number of hydrogen-bond donors (Lipinski definition) is 1. The van der Waals surface area contributed by atoms with Gasteiger partial charge in [0, 0.05) is 29.4 Å². The van der Waals surface area contributed by atoms with Crippen LogP contribution in [-0.2, 0) is 10.5 Å². The van der Waals surface area contributed by atoms with Gasteiger partial charge >= 0.3 is 0 Å². The maximum absolute atomic E-state index is 11.7. The molecule has 0 radical (unpaired) electrons. The van der Waals surface area contributed by atoms with E-state index in [1.165, 1.54) is 33.6 Å². The van der Waals surface area contributed by atoms with Crippen molar-refractivity contribution >= 4 is 34.0 Å². The van der Waals surface area contributed by atoms with Crippen LogP contribution in [-0.4, -0.2) is 27.1 Å². The van der Waals surface area contributed by atoms with Crippen molar-refractivity contribution in [1.29, 1.82) is 0 Å². The average Bonchev–Trinajstić information content (AvgIpc) is 2.76. The summed E-state index contributed by atoms with van der Waals surface area (Å²) in [5.41, 5.74) is 0.642. The van der Waals surface area contributed by atoms with Crippen LogP contribution in [0.4, 0.5) is 0 Å². The molecule has 2 aromatic rings. The number of carbonyl (C=O) groups excluding carboxylic acids is 1. The highest BCUT2D eigenvalue weighted by Gasteiger charge is 2.06. The Morgan fingerprint density at radius 3 is 3.11 bits per heavy atom. The molecule has 0 saturated carbocycles. The summed E-state index contributed by atoms with van der Waals surface area (Å²) in [6, 6.07) is 1.67.